The molecule has 0 atom stereocenters. The summed E-state index contributed by atoms with van der Waals surface area (Å²) in [6, 6.07) is 9.39. The van der Waals surface area contributed by atoms with Gasteiger partial charge >= 0.3 is 0 Å². The largest absolute Gasteiger partial charge is 0.436 e. The number of pyridine rings is 2. The summed E-state index contributed by atoms with van der Waals surface area (Å²) in [5.41, 5.74) is 5.98. The molecule has 0 aliphatic heterocycles. The zero-order valence-electron chi connectivity index (χ0n) is 10.2. The Morgan fingerprint density at radius 2 is 1.90 bits per heavy atom. The fourth-order valence-electron chi connectivity index (χ4n) is 1.76. The number of hydrogen-bond acceptors (Lipinski definition) is 4. The monoisotopic (exact) mass is 273 g/mol. The van der Waals surface area contributed by atoms with Gasteiger partial charge in [-0.2, -0.15) is 4.98 Å². The van der Waals surface area contributed by atoms with E-state index in [4.69, 9.17) is 10.5 Å². The third-order valence-electron chi connectivity index (χ3n) is 2.72. The number of ether oxygens (including phenoxy) is 1. The summed E-state index contributed by atoms with van der Waals surface area (Å²) in [4.78, 5) is 7.69. The molecule has 0 saturated heterocycles. The fraction of sp³-hybridized carbons (Fsp3) is 0. The van der Waals surface area contributed by atoms with Crippen molar-refractivity contribution in [2.45, 2.75) is 0 Å². The molecule has 6 heteroatoms. The van der Waals surface area contributed by atoms with Gasteiger partial charge in [-0.3, -0.25) is 4.98 Å². The van der Waals surface area contributed by atoms with E-state index in [0.29, 0.717) is 17.3 Å². The van der Waals surface area contributed by atoms with Crippen LogP contribution in [0.25, 0.3) is 10.9 Å². The Morgan fingerprint density at radius 1 is 1.05 bits per heavy atom. The highest BCUT2D eigenvalue weighted by atomic mass is 19.1. The molecular formula is C14H9F2N3O. The summed E-state index contributed by atoms with van der Waals surface area (Å²) >= 11 is 0. The van der Waals surface area contributed by atoms with Gasteiger partial charge < -0.3 is 10.5 Å². The Labute approximate surface area is 112 Å². The standard InChI is InChI=1S/C14H9F2N3O/c15-10-7-11(16)14(19-13(10)17)20-9-4-3-8-2-1-5-18-12(8)6-9/h1-7H,(H2,17,19). The third kappa shape index (κ3) is 2.23. The maximum atomic E-state index is 13.5. The molecule has 3 rings (SSSR count). The van der Waals surface area contributed by atoms with E-state index in [1.807, 2.05) is 12.1 Å². The predicted molar refractivity (Wildman–Crippen MR) is 70.4 cm³/mol. The molecule has 3 aromatic rings. The Morgan fingerprint density at radius 3 is 2.75 bits per heavy atom. The molecule has 20 heavy (non-hydrogen) atoms. The van der Waals surface area contributed by atoms with E-state index in [9.17, 15) is 8.78 Å². The molecule has 0 bridgehead atoms. The van der Waals surface area contributed by atoms with Gasteiger partial charge in [-0.25, -0.2) is 8.78 Å². The minimum Gasteiger partial charge on any atom is -0.436 e. The molecule has 100 valence electrons. The van der Waals surface area contributed by atoms with E-state index < -0.39 is 17.5 Å². The first-order chi connectivity index (χ1) is 9.63. The lowest BCUT2D eigenvalue weighted by Gasteiger charge is -2.07. The van der Waals surface area contributed by atoms with Crippen molar-refractivity contribution in [2.24, 2.45) is 0 Å². The molecule has 4 nitrogen and oxygen atoms in total. The lowest BCUT2D eigenvalue weighted by atomic mass is 10.2. The average molecular weight is 273 g/mol. The van der Waals surface area contributed by atoms with Gasteiger partial charge in [0.1, 0.15) is 5.75 Å². The van der Waals surface area contributed by atoms with Gasteiger partial charge in [-0.05, 0) is 18.2 Å². The van der Waals surface area contributed by atoms with Crippen molar-refractivity contribution in [1.29, 1.82) is 0 Å². The quantitative estimate of drug-likeness (QED) is 0.778. The van der Waals surface area contributed by atoms with Gasteiger partial charge in [0.15, 0.2) is 17.5 Å². The van der Waals surface area contributed by atoms with Crippen LogP contribution in [0.4, 0.5) is 14.6 Å². The molecule has 0 aliphatic carbocycles. The van der Waals surface area contributed by atoms with Crippen LogP contribution in [0, 0.1) is 11.6 Å². The zero-order chi connectivity index (χ0) is 14.1. The summed E-state index contributed by atoms with van der Waals surface area (Å²) in [5.74, 6) is -2.29. The van der Waals surface area contributed by atoms with Crippen LogP contribution >= 0.6 is 0 Å². The number of nitrogens with zero attached hydrogens (tertiary/aromatic N) is 2. The summed E-state index contributed by atoms with van der Waals surface area (Å²) in [5, 5.41) is 0.923. The fourth-order valence-corrected chi connectivity index (χ4v) is 1.76. The smallest absolute Gasteiger partial charge is 0.258 e. The van der Waals surface area contributed by atoms with E-state index in [2.05, 4.69) is 9.97 Å². The van der Waals surface area contributed by atoms with E-state index in [-0.39, 0.29) is 5.88 Å². The number of halogens is 2. The summed E-state index contributed by atoms with van der Waals surface area (Å²) in [6.45, 7) is 0. The number of nitrogens with two attached hydrogens (primary N) is 1. The van der Waals surface area contributed by atoms with Crippen LogP contribution in [-0.2, 0) is 0 Å². The van der Waals surface area contributed by atoms with E-state index >= 15 is 0 Å². The highest BCUT2D eigenvalue weighted by Crippen LogP contribution is 2.26. The normalized spacial score (nSPS) is 10.7. The van der Waals surface area contributed by atoms with Crippen LogP contribution in [0.15, 0.2) is 42.6 Å². The minimum absolute atomic E-state index is 0.341. The molecule has 1 aromatic carbocycles. The SMILES string of the molecule is Nc1nc(Oc2ccc3cccnc3c2)c(F)cc1F. The highest BCUT2D eigenvalue weighted by molar-refractivity contribution is 5.79. The van der Waals surface area contributed by atoms with Crippen LogP contribution < -0.4 is 10.5 Å². The van der Waals surface area contributed by atoms with Gasteiger partial charge in [0.05, 0.1) is 5.52 Å². The minimum atomic E-state index is -0.921. The van der Waals surface area contributed by atoms with E-state index in [1.165, 1.54) is 0 Å². The van der Waals surface area contributed by atoms with Gasteiger partial charge in [-0.1, -0.05) is 6.07 Å². The third-order valence-corrected chi connectivity index (χ3v) is 2.72. The first-order valence-corrected chi connectivity index (χ1v) is 5.77. The molecule has 2 aromatic heterocycles. The van der Waals surface area contributed by atoms with Crippen LogP contribution in [-0.4, -0.2) is 9.97 Å². The molecular weight excluding hydrogens is 264 g/mol. The molecule has 0 unspecified atom stereocenters. The van der Waals surface area contributed by atoms with Crippen molar-refractivity contribution < 1.29 is 13.5 Å². The number of fused-ring (bicyclic) bond motifs is 1. The number of benzene rings is 1. The maximum Gasteiger partial charge on any atom is 0.258 e. The number of nitrogen functional groups attached to an aromatic ring is 1. The Bertz CT molecular complexity index is 792. The number of aromatic nitrogens is 2. The van der Waals surface area contributed by atoms with Crippen molar-refractivity contribution in [3.8, 4) is 11.6 Å². The number of anilines is 1. The second-order valence-corrected chi connectivity index (χ2v) is 4.10. The maximum absolute atomic E-state index is 13.5. The molecule has 0 aliphatic rings. The van der Waals surface area contributed by atoms with Gasteiger partial charge in [-0.15, -0.1) is 0 Å². The summed E-state index contributed by atoms with van der Waals surface area (Å²) < 4.78 is 31.8. The van der Waals surface area contributed by atoms with Gasteiger partial charge in [0.25, 0.3) is 5.88 Å². The molecule has 2 heterocycles. The first kappa shape index (κ1) is 12.3. The topological polar surface area (TPSA) is 61.0 Å². The second kappa shape index (κ2) is 4.73. The number of hydrogen-bond donors (Lipinski definition) is 1. The molecule has 0 saturated carbocycles. The molecule has 0 radical (unpaired) electrons. The van der Waals surface area contributed by atoms with Crippen LogP contribution in [0.3, 0.4) is 0 Å². The lowest BCUT2D eigenvalue weighted by molar-refractivity contribution is 0.419. The van der Waals surface area contributed by atoms with Crippen molar-refractivity contribution in [3.05, 3.63) is 54.2 Å². The molecule has 0 amide bonds. The van der Waals surface area contributed by atoms with Crippen LogP contribution in [0.1, 0.15) is 0 Å². The second-order valence-electron chi connectivity index (χ2n) is 4.10. The van der Waals surface area contributed by atoms with Crippen LogP contribution in [0.2, 0.25) is 0 Å². The van der Waals surface area contributed by atoms with Crippen molar-refractivity contribution in [2.75, 3.05) is 5.73 Å². The molecule has 0 fully saturated rings. The predicted octanol–water partition coefficient (Wildman–Crippen LogP) is 3.28. The van der Waals surface area contributed by atoms with Crippen molar-refractivity contribution in [3.63, 3.8) is 0 Å². The molecule has 0 spiro atoms. The van der Waals surface area contributed by atoms with Gasteiger partial charge in [0.2, 0.25) is 0 Å². The number of rotatable bonds is 2. The van der Waals surface area contributed by atoms with E-state index in [0.717, 1.165) is 5.39 Å². The summed E-state index contributed by atoms with van der Waals surface area (Å²) in [6.07, 6.45) is 1.64. The van der Waals surface area contributed by atoms with Crippen LogP contribution in [0.5, 0.6) is 11.6 Å². The Kier molecular flexibility index (Phi) is 2.90. The average Bonchev–Trinajstić information content (AvgIpc) is 2.44. The summed E-state index contributed by atoms with van der Waals surface area (Å²) in [7, 11) is 0. The zero-order valence-corrected chi connectivity index (χ0v) is 10.2. The van der Waals surface area contributed by atoms with Crippen molar-refractivity contribution >= 4 is 16.7 Å². The van der Waals surface area contributed by atoms with Crippen molar-refractivity contribution in [1.82, 2.24) is 9.97 Å². The Hall–Kier alpha value is -2.76. The highest BCUT2D eigenvalue weighted by Gasteiger charge is 2.12. The lowest BCUT2D eigenvalue weighted by Crippen LogP contribution is -2.00. The Balaban J connectivity index is 1.99. The first-order valence-electron chi connectivity index (χ1n) is 5.77. The van der Waals surface area contributed by atoms with Gasteiger partial charge in [0, 0.05) is 23.7 Å². The van der Waals surface area contributed by atoms with E-state index in [1.54, 1.807) is 24.4 Å². The molecule has 2 N–H and O–H groups in total.